The molecule has 2 rings (SSSR count). The molecule has 19 heavy (non-hydrogen) atoms. The summed E-state index contributed by atoms with van der Waals surface area (Å²) >= 11 is 13.5. The van der Waals surface area contributed by atoms with Crippen LogP contribution < -0.4 is 0 Å². The fourth-order valence-corrected chi connectivity index (χ4v) is 3.67. The van der Waals surface area contributed by atoms with Crippen LogP contribution in [-0.4, -0.2) is 20.6 Å². The first kappa shape index (κ1) is 14.9. The number of fused-ring (bicyclic) bond motifs is 1. The standard InChI is InChI=1S/C14H19ClN2S2/c1-4-14(5-2,19-3)9-17-12-8-10(15)6-7-11(12)16-13(17)18/h6-8H,4-5,9H2,1-3H3,(H,16,18). The van der Waals surface area contributed by atoms with Crippen molar-refractivity contribution in [1.82, 2.24) is 9.55 Å². The Kier molecular flexibility index (Phi) is 4.64. The minimum Gasteiger partial charge on any atom is -0.331 e. The second-order valence-electron chi connectivity index (χ2n) is 4.77. The second kappa shape index (κ2) is 5.90. The van der Waals surface area contributed by atoms with E-state index in [4.69, 9.17) is 23.8 Å². The van der Waals surface area contributed by atoms with Gasteiger partial charge in [0.25, 0.3) is 0 Å². The van der Waals surface area contributed by atoms with Gasteiger partial charge in [-0.3, -0.25) is 0 Å². The zero-order chi connectivity index (χ0) is 14.0. The number of hydrogen-bond donors (Lipinski definition) is 1. The molecule has 0 bridgehead atoms. The van der Waals surface area contributed by atoms with Crippen molar-refractivity contribution in [2.45, 2.75) is 38.0 Å². The van der Waals surface area contributed by atoms with Gasteiger partial charge in [-0.2, -0.15) is 11.8 Å². The molecule has 0 radical (unpaired) electrons. The first-order chi connectivity index (χ1) is 9.05. The van der Waals surface area contributed by atoms with Gasteiger partial charge >= 0.3 is 0 Å². The Labute approximate surface area is 128 Å². The first-order valence-electron chi connectivity index (χ1n) is 6.48. The number of rotatable bonds is 5. The maximum Gasteiger partial charge on any atom is 0.178 e. The summed E-state index contributed by atoms with van der Waals surface area (Å²) < 4.78 is 3.19. The fourth-order valence-electron chi connectivity index (χ4n) is 2.40. The molecular formula is C14H19ClN2S2. The number of aromatic nitrogens is 2. The van der Waals surface area contributed by atoms with Crippen molar-refractivity contribution in [3.8, 4) is 0 Å². The lowest BCUT2D eigenvalue weighted by atomic mass is 10.0. The molecule has 0 atom stereocenters. The number of thioether (sulfide) groups is 1. The largest absolute Gasteiger partial charge is 0.331 e. The van der Waals surface area contributed by atoms with Crippen molar-refractivity contribution in [2.24, 2.45) is 0 Å². The lowest BCUT2D eigenvalue weighted by molar-refractivity contribution is 0.470. The number of hydrogen-bond acceptors (Lipinski definition) is 2. The molecule has 0 aliphatic rings. The number of halogens is 1. The van der Waals surface area contributed by atoms with Crippen molar-refractivity contribution in [3.63, 3.8) is 0 Å². The monoisotopic (exact) mass is 314 g/mol. The summed E-state index contributed by atoms with van der Waals surface area (Å²) in [5, 5.41) is 0.748. The van der Waals surface area contributed by atoms with E-state index in [1.807, 2.05) is 30.0 Å². The van der Waals surface area contributed by atoms with E-state index in [1.54, 1.807) is 0 Å². The minimum absolute atomic E-state index is 0.232. The van der Waals surface area contributed by atoms with Gasteiger partial charge in [-0.05, 0) is 49.5 Å². The summed E-state index contributed by atoms with van der Waals surface area (Å²) in [4.78, 5) is 3.26. The molecule has 0 aliphatic heterocycles. The molecule has 2 aromatic rings. The number of nitrogens with one attached hydrogen (secondary N) is 1. The Morgan fingerprint density at radius 3 is 2.63 bits per heavy atom. The van der Waals surface area contributed by atoms with E-state index >= 15 is 0 Å². The smallest absolute Gasteiger partial charge is 0.178 e. The molecule has 1 aromatic carbocycles. The van der Waals surface area contributed by atoms with Crippen LogP contribution in [-0.2, 0) is 6.54 Å². The molecule has 5 heteroatoms. The zero-order valence-electron chi connectivity index (χ0n) is 11.5. The van der Waals surface area contributed by atoms with E-state index in [0.717, 1.165) is 40.2 Å². The van der Waals surface area contributed by atoms with Crippen molar-refractivity contribution >= 4 is 46.6 Å². The summed E-state index contributed by atoms with van der Waals surface area (Å²) in [5.74, 6) is 0. The van der Waals surface area contributed by atoms with Crippen LogP contribution in [0.4, 0.5) is 0 Å². The third kappa shape index (κ3) is 2.86. The predicted octanol–water partition coefficient (Wildman–Crippen LogP) is 5.27. The highest BCUT2D eigenvalue weighted by Crippen LogP contribution is 2.33. The number of aromatic amines is 1. The molecule has 2 nitrogen and oxygen atoms in total. The van der Waals surface area contributed by atoms with Gasteiger partial charge in [0.1, 0.15) is 0 Å². The van der Waals surface area contributed by atoms with Gasteiger partial charge in [-0.1, -0.05) is 25.4 Å². The SMILES string of the molecule is CCC(CC)(Cn1c(=S)[nH]c2ccc(Cl)cc21)SC. The van der Waals surface area contributed by atoms with E-state index in [-0.39, 0.29) is 4.75 Å². The number of imidazole rings is 1. The maximum atomic E-state index is 6.11. The Balaban J connectivity index is 2.53. The second-order valence-corrected chi connectivity index (χ2v) is 6.87. The number of nitrogens with zero attached hydrogens (tertiary/aromatic N) is 1. The van der Waals surface area contributed by atoms with Crippen LogP contribution in [0.1, 0.15) is 26.7 Å². The van der Waals surface area contributed by atoms with E-state index in [9.17, 15) is 0 Å². The maximum absolute atomic E-state index is 6.11. The van der Waals surface area contributed by atoms with Crippen LogP contribution >= 0.6 is 35.6 Å². The highest BCUT2D eigenvalue weighted by atomic mass is 35.5. The van der Waals surface area contributed by atoms with Crippen molar-refractivity contribution in [3.05, 3.63) is 28.0 Å². The summed E-state index contributed by atoms with van der Waals surface area (Å²) in [6.45, 7) is 5.40. The van der Waals surface area contributed by atoms with Gasteiger partial charge in [0.15, 0.2) is 4.77 Å². The van der Waals surface area contributed by atoms with Crippen LogP contribution in [0.5, 0.6) is 0 Å². The summed E-state index contributed by atoms with van der Waals surface area (Å²) in [5.41, 5.74) is 2.15. The van der Waals surface area contributed by atoms with Crippen molar-refractivity contribution < 1.29 is 0 Å². The highest BCUT2D eigenvalue weighted by Gasteiger charge is 2.26. The molecule has 1 N–H and O–H groups in total. The molecule has 104 valence electrons. The Hall–Kier alpha value is -0.450. The van der Waals surface area contributed by atoms with Gasteiger partial charge in [-0.25, -0.2) is 0 Å². The number of benzene rings is 1. The first-order valence-corrected chi connectivity index (χ1v) is 8.49. The average molecular weight is 315 g/mol. The quantitative estimate of drug-likeness (QED) is 0.758. The van der Waals surface area contributed by atoms with Crippen LogP contribution in [0.2, 0.25) is 5.02 Å². The van der Waals surface area contributed by atoms with Gasteiger partial charge in [-0.15, -0.1) is 0 Å². The molecule has 0 saturated heterocycles. The van der Waals surface area contributed by atoms with Crippen molar-refractivity contribution in [1.29, 1.82) is 0 Å². The molecule has 0 spiro atoms. The summed E-state index contributed by atoms with van der Waals surface area (Å²) in [7, 11) is 0. The topological polar surface area (TPSA) is 20.7 Å². The molecule has 0 aliphatic carbocycles. The Bertz CT molecular complexity index is 618. The third-order valence-electron chi connectivity index (χ3n) is 3.91. The van der Waals surface area contributed by atoms with E-state index in [2.05, 4.69) is 29.7 Å². The van der Waals surface area contributed by atoms with Gasteiger partial charge < -0.3 is 9.55 Å². The van der Waals surface area contributed by atoms with E-state index in [1.165, 1.54) is 0 Å². The fraction of sp³-hybridized carbons (Fsp3) is 0.500. The summed E-state index contributed by atoms with van der Waals surface area (Å²) in [6.07, 6.45) is 4.43. The molecule has 1 aromatic heterocycles. The van der Waals surface area contributed by atoms with Gasteiger partial charge in [0, 0.05) is 16.3 Å². The minimum atomic E-state index is 0.232. The summed E-state index contributed by atoms with van der Waals surface area (Å²) in [6, 6.07) is 5.86. The average Bonchev–Trinajstić information content (AvgIpc) is 2.72. The molecular weight excluding hydrogens is 296 g/mol. The van der Waals surface area contributed by atoms with Crippen LogP contribution in [0.15, 0.2) is 18.2 Å². The zero-order valence-corrected chi connectivity index (χ0v) is 13.9. The normalized spacial score (nSPS) is 12.2. The predicted molar refractivity (Wildman–Crippen MR) is 89.0 cm³/mol. The lowest BCUT2D eigenvalue weighted by Crippen LogP contribution is -2.29. The molecule has 0 fully saturated rings. The Morgan fingerprint density at radius 1 is 1.37 bits per heavy atom. The van der Waals surface area contributed by atoms with Gasteiger partial charge in [0.2, 0.25) is 0 Å². The molecule has 0 unspecified atom stereocenters. The van der Waals surface area contributed by atoms with Crippen LogP contribution in [0, 0.1) is 4.77 Å². The lowest BCUT2D eigenvalue weighted by Gasteiger charge is -2.30. The Morgan fingerprint density at radius 2 is 2.05 bits per heavy atom. The van der Waals surface area contributed by atoms with E-state index in [0.29, 0.717) is 0 Å². The van der Waals surface area contributed by atoms with E-state index < -0.39 is 0 Å². The van der Waals surface area contributed by atoms with Gasteiger partial charge in [0.05, 0.1) is 11.0 Å². The molecule has 0 saturated carbocycles. The van der Waals surface area contributed by atoms with Crippen LogP contribution in [0.25, 0.3) is 11.0 Å². The van der Waals surface area contributed by atoms with Crippen LogP contribution in [0.3, 0.4) is 0 Å². The van der Waals surface area contributed by atoms with Crippen molar-refractivity contribution in [2.75, 3.05) is 6.26 Å². The molecule has 0 amide bonds. The molecule has 1 heterocycles. The highest BCUT2D eigenvalue weighted by molar-refractivity contribution is 8.00. The third-order valence-corrected chi connectivity index (χ3v) is 6.04. The number of H-pyrrole nitrogens is 1.